The number of carbonyl (C=O) groups is 1. The van der Waals surface area contributed by atoms with E-state index in [2.05, 4.69) is 48.0 Å². The normalized spacial score (nSPS) is 11.0. The van der Waals surface area contributed by atoms with E-state index in [1.807, 2.05) is 50.2 Å². The molecule has 0 saturated carbocycles. The number of fused-ring (bicyclic) bond motifs is 1. The van der Waals surface area contributed by atoms with Gasteiger partial charge in [0.2, 0.25) is 0 Å². The van der Waals surface area contributed by atoms with E-state index in [1.165, 1.54) is 5.56 Å². The van der Waals surface area contributed by atoms with E-state index in [4.69, 9.17) is 16.3 Å². The van der Waals surface area contributed by atoms with E-state index in [-0.39, 0.29) is 6.09 Å². The van der Waals surface area contributed by atoms with Crippen LogP contribution in [0.4, 0.5) is 4.79 Å². The van der Waals surface area contributed by atoms with Crippen molar-refractivity contribution < 1.29 is 9.53 Å². The first kappa shape index (κ1) is 22.0. The number of benzene rings is 3. The van der Waals surface area contributed by atoms with Crippen LogP contribution in [0.2, 0.25) is 5.02 Å². The lowest BCUT2D eigenvalue weighted by atomic mass is 9.99. The average molecular weight is 447 g/mol. The zero-order valence-corrected chi connectivity index (χ0v) is 19.4. The summed E-state index contributed by atoms with van der Waals surface area (Å²) in [5, 5.41) is 1.78. The number of halogens is 1. The SMILES string of the molecule is CCN(CC)C(=O)Oc1ccc2c(ccn2Cc2ccccc2Cl)c1-c1ccc(C)cc1. The van der Waals surface area contributed by atoms with Gasteiger partial charge in [-0.05, 0) is 56.2 Å². The van der Waals surface area contributed by atoms with Gasteiger partial charge in [0.1, 0.15) is 5.75 Å². The second-order valence-corrected chi connectivity index (χ2v) is 8.22. The maximum atomic E-state index is 12.7. The maximum absolute atomic E-state index is 12.7. The molecule has 4 rings (SSSR count). The van der Waals surface area contributed by atoms with Crippen molar-refractivity contribution in [2.24, 2.45) is 0 Å². The zero-order valence-electron chi connectivity index (χ0n) is 18.6. The fraction of sp³-hybridized carbons (Fsp3) is 0.222. The molecule has 0 bridgehead atoms. The second kappa shape index (κ2) is 9.49. The molecule has 0 N–H and O–H groups in total. The Morgan fingerprint density at radius 3 is 2.38 bits per heavy atom. The molecule has 0 unspecified atom stereocenters. The Bertz CT molecular complexity index is 1240. The molecule has 0 fully saturated rings. The molecule has 0 spiro atoms. The molecule has 32 heavy (non-hydrogen) atoms. The largest absolute Gasteiger partial charge is 0.415 e. The summed E-state index contributed by atoms with van der Waals surface area (Å²) in [6, 6.07) is 22.2. The lowest BCUT2D eigenvalue weighted by Gasteiger charge is -2.20. The lowest BCUT2D eigenvalue weighted by molar-refractivity contribution is 0.157. The van der Waals surface area contributed by atoms with E-state index >= 15 is 0 Å². The highest BCUT2D eigenvalue weighted by molar-refractivity contribution is 6.31. The number of amides is 1. The predicted octanol–water partition coefficient (Wildman–Crippen LogP) is 7.16. The summed E-state index contributed by atoms with van der Waals surface area (Å²) in [6.07, 6.45) is 1.72. The fourth-order valence-corrected chi connectivity index (χ4v) is 4.14. The summed E-state index contributed by atoms with van der Waals surface area (Å²) >= 11 is 6.40. The summed E-state index contributed by atoms with van der Waals surface area (Å²) in [6.45, 7) is 7.82. The van der Waals surface area contributed by atoms with E-state index in [9.17, 15) is 4.79 Å². The van der Waals surface area contributed by atoms with Gasteiger partial charge in [-0.1, -0.05) is 59.6 Å². The van der Waals surface area contributed by atoms with E-state index in [0.29, 0.717) is 25.4 Å². The highest BCUT2D eigenvalue weighted by Gasteiger charge is 2.19. The van der Waals surface area contributed by atoms with Crippen LogP contribution in [-0.2, 0) is 6.54 Å². The number of aryl methyl sites for hydroxylation is 1. The molecule has 1 aromatic heterocycles. The highest BCUT2D eigenvalue weighted by Crippen LogP contribution is 2.38. The molecule has 0 radical (unpaired) electrons. The van der Waals surface area contributed by atoms with Crippen molar-refractivity contribution in [3.63, 3.8) is 0 Å². The number of rotatable bonds is 6. The third-order valence-corrected chi connectivity index (χ3v) is 6.14. The summed E-state index contributed by atoms with van der Waals surface area (Å²) < 4.78 is 8.06. The van der Waals surface area contributed by atoms with Crippen molar-refractivity contribution in [1.29, 1.82) is 0 Å². The molecule has 4 aromatic rings. The molecule has 0 atom stereocenters. The van der Waals surface area contributed by atoms with Crippen LogP contribution < -0.4 is 4.74 Å². The Morgan fingerprint density at radius 1 is 0.969 bits per heavy atom. The topological polar surface area (TPSA) is 34.5 Å². The van der Waals surface area contributed by atoms with E-state index < -0.39 is 0 Å². The minimum Gasteiger partial charge on any atom is -0.410 e. The van der Waals surface area contributed by atoms with Crippen molar-refractivity contribution in [3.8, 4) is 16.9 Å². The molecule has 5 heteroatoms. The monoisotopic (exact) mass is 446 g/mol. The van der Waals surface area contributed by atoms with Crippen LogP contribution >= 0.6 is 11.6 Å². The van der Waals surface area contributed by atoms with Crippen LogP contribution in [0.25, 0.3) is 22.0 Å². The van der Waals surface area contributed by atoms with Gasteiger partial charge in [0.15, 0.2) is 0 Å². The number of hydrogen-bond donors (Lipinski definition) is 0. The maximum Gasteiger partial charge on any atom is 0.415 e. The van der Waals surface area contributed by atoms with Gasteiger partial charge in [0.25, 0.3) is 0 Å². The van der Waals surface area contributed by atoms with Crippen molar-refractivity contribution in [2.45, 2.75) is 27.3 Å². The molecule has 3 aromatic carbocycles. The fourth-order valence-electron chi connectivity index (χ4n) is 3.94. The molecule has 0 aliphatic carbocycles. The van der Waals surface area contributed by atoms with Crippen LogP contribution in [0.5, 0.6) is 5.75 Å². The first-order valence-corrected chi connectivity index (χ1v) is 11.3. The minimum atomic E-state index is -0.335. The van der Waals surface area contributed by atoms with Crippen molar-refractivity contribution in [3.05, 3.63) is 89.1 Å². The summed E-state index contributed by atoms with van der Waals surface area (Å²) in [4.78, 5) is 14.4. The second-order valence-electron chi connectivity index (χ2n) is 7.81. The van der Waals surface area contributed by atoms with Gasteiger partial charge >= 0.3 is 6.09 Å². The molecular formula is C27H27ClN2O2. The smallest absolute Gasteiger partial charge is 0.410 e. The Balaban J connectivity index is 1.82. The highest BCUT2D eigenvalue weighted by atomic mass is 35.5. The van der Waals surface area contributed by atoms with Gasteiger partial charge in [-0.2, -0.15) is 0 Å². The summed E-state index contributed by atoms with van der Waals surface area (Å²) in [5.74, 6) is 0.564. The minimum absolute atomic E-state index is 0.335. The quantitative estimate of drug-likeness (QED) is 0.315. The van der Waals surface area contributed by atoms with Gasteiger partial charge < -0.3 is 14.2 Å². The Hall–Kier alpha value is -3.24. The zero-order chi connectivity index (χ0) is 22.7. The summed E-state index contributed by atoms with van der Waals surface area (Å²) in [5.41, 5.74) is 5.22. The number of ether oxygens (including phenoxy) is 1. The van der Waals surface area contributed by atoms with Crippen molar-refractivity contribution >= 4 is 28.6 Å². The standard InChI is InChI=1S/C27H27ClN2O2/c1-4-29(5-2)27(31)32-25-15-14-24-22(26(25)20-12-10-19(3)11-13-20)16-17-30(24)18-21-8-6-7-9-23(21)28/h6-17H,4-5,18H2,1-3H3. The van der Waals surface area contributed by atoms with Gasteiger partial charge in [-0.3, -0.25) is 0 Å². The first-order chi connectivity index (χ1) is 15.5. The van der Waals surface area contributed by atoms with Crippen molar-refractivity contribution in [1.82, 2.24) is 9.47 Å². The van der Waals surface area contributed by atoms with Gasteiger partial charge in [0.05, 0.1) is 0 Å². The predicted molar refractivity (Wildman–Crippen MR) is 132 cm³/mol. The number of carbonyl (C=O) groups excluding carboxylic acids is 1. The van der Waals surface area contributed by atoms with Crippen LogP contribution in [0.3, 0.4) is 0 Å². The molecule has 0 aliphatic rings. The molecule has 0 saturated heterocycles. The Labute approximate surface area is 194 Å². The lowest BCUT2D eigenvalue weighted by Crippen LogP contribution is -2.33. The molecule has 164 valence electrons. The van der Waals surface area contributed by atoms with E-state index in [1.54, 1.807) is 4.90 Å². The van der Waals surface area contributed by atoms with Crippen LogP contribution in [0.1, 0.15) is 25.0 Å². The number of aromatic nitrogens is 1. The number of nitrogens with zero attached hydrogens (tertiary/aromatic N) is 2. The van der Waals surface area contributed by atoms with Crippen LogP contribution in [0, 0.1) is 6.92 Å². The molecule has 1 heterocycles. The third kappa shape index (κ3) is 4.37. The molecular weight excluding hydrogens is 420 g/mol. The Morgan fingerprint density at radius 2 is 1.69 bits per heavy atom. The first-order valence-electron chi connectivity index (χ1n) is 10.9. The third-order valence-electron chi connectivity index (χ3n) is 5.77. The molecule has 0 aliphatic heterocycles. The average Bonchev–Trinajstić information content (AvgIpc) is 3.19. The Kier molecular flexibility index (Phi) is 6.52. The summed E-state index contributed by atoms with van der Waals surface area (Å²) in [7, 11) is 0. The number of hydrogen-bond acceptors (Lipinski definition) is 2. The molecule has 1 amide bonds. The van der Waals surface area contributed by atoms with Gasteiger partial charge in [-0.25, -0.2) is 4.79 Å². The van der Waals surface area contributed by atoms with Crippen LogP contribution in [-0.4, -0.2) is 28.6 Å². The van der Waals surface area contributed by atoms with Crippen LogP contribution in [0.15, 0.2) is 72.9 Å². The molecule has 4 nitrogen and oxygen atoms in total. The van der Waals surface area contributed by atoms with Gasteiger partial charge in [-0.15, -0.1) is 0 Å². The van der Waals surface area contributed by atoms with Gasteiger partial charge in [0, 0.05) is 47.3 Å². The van der Waals surface area contributed by atoms with E-state index in [0.717, 1.165) is 32.6 Å². The van der Waals surface area contributed by atoms with Crippen molar-refractivity contribution in [2.75, 3.05) is 13.1 Å².